The van der Waals surface area contributed by atoms with Gasteiger partial charge >= 0.3 is 0 Å². The minimum absolute atomic E-state index is 0.136. The normalized spacial score (nSPS) is 14.5. The summed E-state index contributed by atoms with van der Waals surface area (Å²) in [5.74, 6) is -0.712. The number of nitrogens with zero attached hydrogens (tertiary/aromatic N) is 2. The number of carbonyl (C=O) groups excluding carboxylic acids is 1. The summed E-state index contributed by atoms with van der Waals surface area (Å²) in [7, 11) is 0. The molecule has 1 aliphatic heterocycles. The van der Waals surface area contributed by atoms with E-state index in [-0.39, 0.29) is 11.8 Å². The van der Waals surface area contributed by atoms with Crippen LogP contribution in [0.2, 0.25) is 0 Å². The maximum absolute atomic E-state index is 14.3. The number of carbonyl (C=O) groups is 1. The van der Waals surface area contributed by atoms with E-state index < -0.39 is 5.82 Å². The molecule has 0 radical (unpaired) electrons. The van der Waals surface area contributed by atoms with Crippen molar-refractivity contribution in [2.24, 2.45) is 5.10 Å². The first kappa shape index (κ1) is 13.2. The van der Waals surface area contributed by atoms with E-state index in [4.69, 9.17) is 0 Å². The van der Waals surface area contributed by atoms with Crippen LogP contribution in [0, 0.1) is 5.82 Å². The molecule has 0 fully saturated rings. The Hall–Kier alpha value is -2.76. The van der Waals surface area contributed by atoms with Crippen LogP contribution in [0.1, 0.15) is 18.4 Å². The number of nitrogens with one attached hydrogen (secondary N) is 1. The highest BCUT2D eigenvalue weighted by Gasteiger charge is 2.15. The summed E-state index contributed by atoms with van der Waals surface area (Å²) in [5.41, 5.74) is 4.59. The van der Waals surface area contributed by atoms with Crippen LogP contribution >= 0.6 is 0 Å². The van der Waals surface area contributed by atoms with Gasteiger partial charge in [-0.25, -0.2) is 14.8 Å². The minimum atomic E-state index is -0.419. The Morgan fingerprint density at radius 2 is 2.00 bits per heavy atom. The molecule has 0 aliphatic carbocycles. The van der Waals surface area contributed by atoms with Crippen molar-refractivity contribution in [3.8, 4) is 17.0 Å². The first-order chi connectivity index (χ1) is 10.1. The van der Waals surface area contributed by atoms with Crippen molar-refractivity contribution >= 4 is 11.6 Å². The van der Waals surface area contributed by atoms with Gasteiger partial charge in [0.1, 0.15) is 5.82 Å². The standard InChI is InChI=1S/C15H12FN3O2/c16-12-7-10(13-3-4-14(20)19-18-13)1-2-11(12)9-5-6-17-15(21)8-9/h1-2,5-8H,3-4H2,(H,17,21)(H,19,20). The highest BCUT2D eigenvalue weighted by atomic mass is 19.1. The summed E-state index contributed by atoms with van der Waals surface area (Å²) in [6.07, 6.45) is 2.25. The minimum Gasteiger partial charge on any atom is -0.493 e. The van der Waals surface area contributed by atoms with Gasteiger partial charge in [0.25, 0.3) is 0 Å². The van der Waals surface area contributed by atoms with Crippen LogP contribution in [0.3, 0.4) is 0 Å². The summed E-state index contributed by atoms with van der Waals surface area (Å²) in [6, 6.07) is 7.76. The molecule has 1 aliphatic rings. The summed E-state index contributed by atoms with van der Waals surface area (Å²) < 4.78 is 14.3. The fraction of sp³-hybridized carbons (Fsp3) is 0.133. The summed E-state index contributed by atoms with van der Waals surface area (Å²) in [5, 5.41) is 13.3. The van der Waals surface area contributed by atoms with E-state index in [2.05, 4.69) is 15.5 Å². The number of aromatic hydroxyl groups is 1. The van der Waals surface area contributed by atoms with Crippen LogP contribution in [-0.4, -0.2) is 21.7 Å². The Kier molecular flexibility index (Phi) is 3.35. The van der Waals surface area contributed by atoms with Crippen molar-refractivity contribution < 1.29 is 14.3 Å². The average Bonchev–Trinajstić information content (AvgIpc) is 2.48. The van der Waals surface area contributed by atoms with E-state index in [1.807, 2.05) is 0 Å². The molecule has 1 amide bonds. The smallest absolute Gasteiger partial charge is 0.240 e. The lowest BCUT2D eigenvalue weighted by Gasteiger charge is -2.13. The van der Waals surface area contributed by atoms with E-state index in [1.54, 1.807) is 18.2 Å². The van der Waals surface area contributed by atoms with Crippen molar-refractivity contribution in [2.45, 2.75) is 12.8 Å². The Morgan fingerprint density at radius 1 is 1.14 bits per heavy atom. The number of aromatic nitrogens is 1. The molecular formula is C15H12FN3O2. The largest absolute Gasteiger partial charge is 0.493 e. The second kappa shape index (κ2) is 5.32. The van der Waals surface area contributed by atoms with Gasteiger partial charge in [-0.15, -0.1) is 0 Å². The van der Waals surface area contributed by atoms with Gasteiger partial charge in [-0.1, -0.05) is 12.1 Å². The molecule has 6 heteroatoms. The number of halogens is 1. The number of pyridine rings is 1. The van der Waals surface area contributed by atoms with Crippen LogP contribution in [0.4, 0.5) is 4.39 Å². The predicted octanol–water partition coefficient (Wildman–Crippen LogP) is 2.21. The lowest BCUT2D eigenvalue weighted by atomic mass is 9.99. The second-order valence-electron chi connectivity index (χ2n) is 4.69. The number of hydrogen-bond donors (Lipinski definition) is 2. The van der Waals surface area contributed by atoms with E-state index in [0.717, 1.165) is 0 Å². The summed E-state index contributed by atoms with van der Waals surface area (Å²) in [4.78, 5) is 14.7. The van der Waals surface area contributed by atoms with Crippen LogP contribution in [0.5, 0.6) is 5.88 Å². The molecule has 0 saturated heterocycles. The van der Waals surface area contributed by atoms with Gasteiger partial charge in [0.15, 0.2) is 0 Å². The van der Waals surface area contributed by atoms with Crippen molar-refractivity contribution in [1.82, 2.24) is 10.4 Å². The number of hydrogen-bond acceptors (Lipinski definition) is 4. The van der Waals surface area contributed by atoms with Crippen LogP contribution < -0.4 is 5.43 Å². The van der Waals surface area contributed by atoms with Crippen LogP contribution in [0.15, 0.2) is 41.6 Å². The molecule has 1 aromatic heterocycles. The first-order valence-corrected chi connectivity index (χ1v) is 6.44. The van der Waals surface area contributed by atoms with Gasteiger partial charge in [-0.05, 0) is 17.7 Å². The van der Waals surface area contributed by atoms with Gasteiger partial charge in [-0.2, -0.15) is 5.10 Å². The van der Waals surface area contributed by atoms with Gasteiger partial charge in [0, 0.05) is 36.2 Å². The molecule has 2 heterocycles. The van der Waals surface area contributed by atoms with Crippen molar-refractivity contribution in [3.63, 3.8) is 0 Å². The second-order valence-corrected chi connectivity index (χ2v) is 4.69. The summed E-state index contributed by atoms with van der Waals surface area (Å²) in [6.45, 7) is 0. The number of amides is 1. The zero-order chi connectivity index (χ0) is 14.8. The average molecular weight is 285 g/mol. The van der Waals surface area contributed by atoms with Crippen molar-refractivity contribution in [2.75, 3.05) is 0 Å². The Labute approximate surface area is 120 Å². The van der Waals surface area contributed by atoms with Crippen LogP contribution in [0.25, 0.3) is 11.1 Å². The lowest BCUT2D eigenvalue weighted by Crippen LogP contribution is -2.25. The fourth-order valence-electron chi connectivity index (χ4n) is 2.20. The molecule has 106 valence electrons. The Bertz CT molecular complexity index is 743. The maximum atomic E-state index is 14.3. The zero-order valence-electron chi connectivity index (χ0n) is 11.0. The van der Waals surface area contributed by atoms with E-state index in [9.17, 15) is 14.3 Å². The molecule has 0 bridgehead atoms. The van der Waals surface area contributed by atoms with E-state index >= 15 is 0 Å². The number of hydrazone groups is 1. The molecule has 0 saturated carbocycles. The third-order valence-corrected chi connectivity index (χ3v) is 3.26. The topological polar surface area (TPSA) is 74.6 Å². The lowest BCUT2D eigenvalue weighted by molar-refractivity contribution is -0.121. The fourth-order valence-corrected chi connectivity index (χ4v) is 2.20. The molecule has 2 N–H and O–H groups in total. The van der Waals surface area contributed by atoms with Gasteiger partial charge in [0.2, 0.25) is 11.8 Å². The van der Waals surface area contributed by atoms with Gasteiger partial charge in [0.05, 0.1) is 5.71 Å². The molecular weight excluding hydrogens is 273 g/mol. The van der Waals surface area contributed by atoms with E-state index in [1.165, 1.54) is 18.3 Å². The molecule has 0 spiro atoms. The zero-order valence-corrected chi connectivity index (χ0v) is 11.0. The molecule has 1 aromatic carbocycles. The number of rotatable bonds is 2. The van der Waals surface area contributed by atoms with Gasteiger partial charge < -0.3 is 5.11 Å². The number of benzene rings is 1. The Balaban J connectivity index is 1.95. The highest BCUT2D eigenvalue weighted by molar-refractivity contribution is 6.04. The third kappa shape index (κ3) is 2.74. The molecule has 2 aromatic rings. The predicted molar refractivity (Wildman–Crippen MR) is 75.2 cm³/mol. The molecule has 0 unspecified atom stereocenters. The quantitative estimate of drug-likeness (QED) is 0.888. The first-order valence-electron chi connectivity index (χ1n) is 6.44. The molecule has 3 rings (SSSR count). The maximum Gasteiger partial charge on any atom is 0.240 e. The van der Waals surface area contributed by atoms with Gasteiger partial charge in [-0.3, -0.25) is 4.79 Å². The van der Waals surface area contributed by atoms with Crippen molar-refractivity contribution in [1.29, 1.82) is 0 Å². The third-order valence-electron chi connectivity index (χ3n) is 3.26. The Morgan fingerprint density at radius 3 is 2.67 bits per heavy atom. The SMILES string of the molecule is O=C1CCC(c2ccc(-c3ccnc(O)c3)c(F)c2)=NN1. The monoisotopic (exact) mass is 285 g/mol. The van der Waals surface area contributed by atoms with Crippen molar-refractivity contribution in [3.05, 3.63) is 47.9 Å². The molecule has 0 atom stereocenters. The molecule has 21 heavy (non-hydrogen) atoms. The molecule has 5 nitrogen and oxygen atoms in total. The van der Waals surface area contributed by atoms with E-state index in [0.29, 0.717) is 35.2 Å². The summed E-state index contributed by atoms with van der Waals surface area (Å²) >= 11 is 0. The highest BCUT2D eigenvalue weighted by Crippen LogP contribution is 2.26. The van der Waals surface area contributed by atoms with Crippen LogP contribution in [-0.2, 0) is 4.79 Å².